The van der Waals surface area contributed by atoms with Gasteiger partial charge in [-0.05, 0) is 33.3 Å². The Morgan fingerprint density at radius 2 is 2.00 bits per heavy atom. The maximum absolute atomic E-state index is 4.33. The van der Waals surface area contributed by atoms with E-state index in [1.807, 2.05) is 13.8 Å². The van der Waals surface area contributed by atoms with Crippen molar-refractivity contribution in [2.24, 2.45) is 4.99 Å². The Kier molecular flexibility index (Phi) is 2.05. The molecule has 1 rings (SSSR count). The van der Waals surface area contributed by atoms with Gasteiger partial charge in [0.15, 0.2) is 0 Å². The Morgan fingerprint density at radius 1 is 1.30 bits per heavy atom. The van der Waals surface area contributed by atoms with Crippen molar-refractivity contribution in [2.75, 3.05) is 0 Å². The lowest BCUT2D eigenvalue weighted by atomic mass is 10.2. The second kappa shape index (κ2) is 2.82. The average Bonchev–Trinajstić information content (AvgIpc) is 1.93. The molecular weight excluding hydrogens is 122 g/mol. The van der Waals surface area contributed by atoms with Crippen molar-refractivity contribution in [1.29, 1.82) is 0 Å². The van der Waals surface area contributed by atoms with Crippen molar-refractivity contribution in [2.45, 2.75) is 27.2 Å². The molecule has 0 aromatic heterocycles. The minimum atomic E-state index is 1.05. The van der Waals surface area contributed by atoms with Crippen molar-refractivity contribution in [1.82, 2.24) is 0 Å². The van der Waals surface area contributed by atoms with Gasteiger partial charge in [-0.2, -0.15) is 0 Å². The van der Waals surface area contributed by atoms with Gasteiger partial charge in [0.25, 0.3) is 0 Å². The van der Waals surface area contributed by atoms with Crippen molar-refractivity contribution in [3.05, 3.63) is 23.4 Å². The highest BCUT2D eigenvalue weighted by Gasteiger charge is 1.95. The van der Waals surface area contributed by atoms with E-state index >= 15 is 0 Å². The van der Waals surface area contributed by atoms with Gasteiger partial charge in [-0.15, -0.1) is 0 Å². The molecule has 0 amide bonds. The first-order chi connectivity index (χ1) is 4.68. The fourth-order valence-electron chi connectivity index (χ4n) is 1.08. The summed E-state index contributed by atoms with van der Waals surface area (Å²) in [6, 6.07) is 0. The molecule has 0 N–H and O–H groups in total. The van der Waals surface area contributed by atoms with E-state index in [4.69, 9.17) is 0 Å². The molecule has 1 aliphatic rings. The Balaban J connectivity index is 2.90. The molecule has 10 heavy (non-hydrogen) atoms. The molecule has 1 heteroatoms. The minimum absolute atomic E-state index is 1.05. The Hall–Kier alpha value is -0.850. The lowest BCUT2D eigenvalue weighted by Gasteiger charge is -1.89. The standard InChI is InChI=1S/C9H13N/c1-7-4-5-8(2)10-9(3)6-7/h5-6H,4H2,1-3H3. The molecule has 0 saturated carbocycles. The lowest BCUT2D eigenvalue weighted by molar-refractivity contribution is 1.18. The fraction of sp³-hybridized carbons (Fsp3) is 0.444. The molecule has 1 heterocycles. The second-order valence-electron chi connectivity index (χ2n) is 2.79. The van der Waals surface area contributed by atoms with Crippen LogP contribution in [0.25, 0.3) is 0 Å². The lowest BCUT2D eigenvalue weighted by Crippen LogP contribution is -1.83. The first-order valence-corrected chi connectivity index (χ1v) is 3.58. The number of allylic oxidation sites excluding steroid dienone is 4. The van der Waals surface area contributed by atoms with Gasteiger partial charge in [0.1, 0.15) is 0 Å². The van der Waals surface area contributed by atoms with Crippen LogP contribution in [-0.2, 0) is 0 Å². The van der Waals surface area contributed by atoms with E-state index in [-0.39, 0.29) is 0 Å². The highest BCUT2D eigenvalue weighted by atomic mass is 14.7. The van der Waals surface area contributed by atoms with Crippen LogP contribution in [0.1, 0.15) is 27.2 Å². The Bertz CT molecular complexity index is 219. The summed E-state index contributed by atoms with van der Waals surface area (Å²) in [4.78, 5) is 4.33. The van der Waals surface area contributed by atoms with Gasteiger partial charge in [-0.3, -0.25) is 4.99 Å². The van der Waals surface area contributed by atoms with E-state index in [9.17, 15) is 0 Å². The van der Waals surface area contributed by atoms with Crippen LogP contribution >= 0.6 is 0 Å². The molecule has 0 aliphatic carbocycles. The summed E-state index contributed by atoms with van der Waals surface area (Å²) in [5.41, 5.74) is 3.63. The smallest absolute Gasteiger partial charge is 0.0375 e. The third kappa shape index (κ3) is 1.83. The summed E-state index contributed by atoms with van der Waals surface area (Å²) in [7, 11) is 0. The van der Waals surface area contributed by atoms with Gasteiger partial charge in [0, 0.05) is 11.4 Å². The van der Waals surface area contributed by atoms with Crippen LogP contribution in [0.3, 0.4) is 0 Å². The van der Waals surface area contributed by atoms with E-state index in [0.29, 0.717) is 0 Å². The van der Waals surface area contributed by atoms with Crippen LogP contribution in [-0.4, -0.2) is 5.71 Å². The monoisotopic (exact) mass is 135 g/mol. The largest absolute Gasteiger partial charge is 0.259 e. The third-order valence-electron chi connectivity index (χ3n) is 1.53. The predicted octanol–water partition coefficient (Wildman–Crippen LogP) is 2.70. The maximum atomic E-state index is 4.33. The predicted molar refractivity (Wildman–Crippen MR) is 45.2 cm³/mol. The van der Waals surface area contributed by atoms with Crippen molar-refractivity contribution in [3.8, 4) is 0 Å². The van der Waals surface area contributed by atoms with Crippen molar-refractivity contribution in [3.63, 3.8) is 0 Å². The fourth-order valence-corrected chi connectivity index (χ4v) is 1.08. The molecule has 1 nitrogen and oxygen atoms in total. The first kappa shape index (κ1) is 7.26. The summed E-state index contributed by atoms with van der Waals surface area (Å²) in [6.07, 6.45) is 5.34. The van der Waals surface area contributed by atoms with Gasteiger partial charge in [-0.1, -0.05) is 11.6 Å². The molecule has 0 aromatic carbocycles. The van der Waals surface area contributed by atoms with E-state index < -0.39 is 0 Å². The van der Waals surface area contributed by atoms with Gasteiger partial charge >= 0.3 is 0 Å². The molecule has 0 aromatic rings. The van der Waals surface area contributed by atoms with Crippen LogP contribution in [0.4, 0.5) is 0 Å². The first-order valence-electron chi connectivity index (χ1n) is 3.58. The van der Waals surface area contributed by atoms with E-state index in [1.54, 1.807) is 0 Å². The quantitative estimate of drug-likeness (QED) is 0.484. The molecule has 0 fully saturated rings. The zero-order valence-electron chi connectivity index (χ0n) is 6.81. The topological polar surface area (TPSA) is 12.4 Å². The van der Waals surface area contributed by atoms with E-state index in [0.717, 1.165) is 17.8 Å². The molecular formula is C9H13N. The summed E-state index contributed by atoms with van der Waals surface area (Å²) in [6.45, 7) is 6.20. The Morgan fingerprint density at radius 3 is 2.70 bits per heavy atom. The van der Waals surface area contributed by atoms with Crippen LogP contribution in [0, 0.1) is 0 Å². The molecule has 54 valence electrons. The number of nitrogens with zero attached hydrogens (tertiary/aromatic N) is 1. The van der Waals surface area contributed by atoms with Gasteiger partial charge in [-0.25, -0.2) is 0 Å². The molecule has 0 unspecified atom stereocenters. The maximum Gasteiger partial charge on any atom is 0.0375 e. The minimum Gasteiger partial charge on any atom is -0.259 e. The van der Waals surface area contributed by atoms with Crippen molar-refractivity contribution < 1.29 is 0 Å². The van der Waals surface area contributed by atoms with Crippen LogP contribution in [0.2, 0.25) is 0 Å². The normalized spacial score (nSPS) is 18.9. The number of rotatable bonds is 0. The molecule has 0 spiro atoms. The second-order valence-corrected chi connectivity index (χ2v) is 2.79. The van der Waals surface area contributed by atoms with Crippen molar-refractivity contribution >= 4 is 5.71 Å². The summed E-state index contributed by atoms with van der Waals surface area (Å²) in [5, 5.41) is 0. The number of hydrogen-bond acceptors (Lipinski definition) is 1. The summed E-state index contributed by atoms with van der Waals surface area (Å²) in [5.74, 6) is 0. The molecule has 0 atom stereocenters. The van der Waals surface area contributed by atoms with E-state index in [1.165, 1.54) is 5.57 Å². The van der Waals surface area contributed by atoms with Crippen LogP contribution in [0.15, 0.2) is 28.4 Å². The molecule has 0 radical (unpaired) electrons. The van der Waals surface area contributed by atoms with Gasteiger partial charge in [0.2, 0.25) is 0 Å². The number of hydrogen-bond donors (Lipinski definition) is 0. The highest BCUT2D eigenvalue weighted by molar-refractivity contribution is 5.94. The Labute approximate surface area is 62.2 Å². The summed E-state index contributed by atoms with van der Waals surface area (Å²) >= 11 is 0. The van der Waals surface area contributed by atoms with E-state index in [2.05, 4.69) is 24.1 Å². The molecule has 0 bridgehead atoms. The zero-order valence-corrected chi connectivity index (χ0v) is 6.81. The molecule has 0 saturated heterocycles. The third-order valence-corrected chi connectivity index (χ3v) is 1.53. The summed E-state index contributed by atoms with van der Waals surface area (Å²) < 4.78 is 0. The van der Waals surface area contributed by atoms with Gasteiger partial charge in [0.05, 0.1) is 0 Å². The van der Waals surface area contributed by atoms with Gasteiger partial charge < -0.3 is 0 Å². The highest BCUT2D eigenvalue weighted by Crippen LogP contribution is 2.10. The average molecular weight is 135 g/mol. The van der Waals surface area contributed by atoms with Crippen LogP contribution < -0.4 is 0 Å². The van der Waals surface area contributed by atoms with Crippen LogP contribution in [0.5, 0.6) is 0 Å². The SMILES string of the molecule is CC1=CC(C)=NC(C)=CC1. The number of aliphatic imine (C=N–C) groups is 1. The molecule has 1 aliphatic heterocycles. The zero-order chi connectivity index (χ0) is 7.56.